The third-order valence-corrected chi connectivity index (χ3v) is 14.2. The summed E-state index contributed by atoms with van der Waals surface area (Å²) in [4.78, 5) is 11.1. The highest BCUT2D eigenvalue weighted by molar-refractivity contribution is 7.27. The third-order valence-electron chi connectivity index (χ3n) is 11.8. The normalized spacial score (nSPS) is 12.2. The Morgan fingerprint density at radius 3 is 1.86 bits per heavy atom. The van der Waals surface area contributed by atoms with Gasteiger partial charge in [0.15, 0.2) is 5.82 Å². The van der Waals surface area contributed by atoms with Crippen LogP contribution in [0, 0.1) is 0 Å². The Bertz CT molecular complexity index is 3830. The summed E-state index contributed by atoms with van der Waals surface area (Å²) in [5, 5.41) is 13.6. The molecule has 4 aromatic heterocycles. The molecule has 0 aliphatic heterocycles. The van der Waals surface area contributed by atoms with Crippen molar-refractivity contribution in [2.45, 2.75) is 0 Å². The number of fused-ring (bicyclic) bond motifs is 14. The van der Waals surface area contributed by atoms with Crippen LogP contribution in [0.25, 0.3) is 123 Å². The molecule has 0 radical (unpaired) electrons. The fourth-order valence-corrected chi connectivity index (χ4v) is 11.7. The van der Waals surface area contributed by atoms with Gasteiger partial charge in [-0.05, 0) is 70.1 Å². The van der Waals surface area contributed by atoms with Crippen molar-refractivity contribution in [1.82, 2.24) is 14.5 Å². The standard InChI is InChI=1S/C52H29N3S2/c1-3-15-33-30(13-1)25-26-44-47(33)37-19-6-10-22-43(37)55(44)32-28-39-35-17-7-11-23-45(35)56-50(39)41(29-32)52-53-42-21-9-5-18-36(42)49(54-52)40-27-31-14-2-4-16-34(31)48-38-20-8-12-24-46(38)57-51(40)48/h1-29H. The van der Waals surface area contributed by atoms with Crippen LogP contribution in [0.2, 0.25) is 0 Å². The number of benzene rings is 9. The molecule has 13 rings (SSSR count). The zero-order valence-corrected chi connectivity index (χ0v) is 32.0. The Morgan fingerprint density at radius 1 is 0.386 bits per heavy atom. The molecule has 4 heterocycles. The molecular formula is C52H29N3S2. The first kappa shape index (κ1) is 31.3. The molecule has 0 spiro atoms. The Kier molecular flexibility index (Phi) is 6.48. The summed E-state index contributed by atoms with van der Waals surface area (Å²) in [6.07, 6.45) is 0. The van der Waals surface area contributed by atoms with Crippen molar-refractivity contribution >= 4 is 117 Å². The molecule has 0 unspecified atom stereocenters. The Labute approximate surface area is 334 Å². The lowest BCUT2D eigenvalue weighted by atomic mass is 9.97. The summed E-state index contributed by atoms with van der Waals surface area (Å²) in [6.45, 7) is 0. The average Bonchev–Trinajstić information content (AvgIpc) is 3.96. The number of nitrogens with zero attached hydrogens (tertiary/aromatic N) is 3. The molecule has 9 aromatic carbocycles. The van der Waals surface area contributed by atoms with Crippen molar-refractivity contribution in [1.29, 1.82) is 0 Å². The van der Waals surface area contributed by atoms with Crippen LogP contribution in [0.4, 0.5) is 0 Å². The molecule has 0 N–H and O–H groups in total. The van der Waals surface area contributed by atoms with Crippen LogP contribution in [0.1, 0.15) is 0 Å². The number of hydrogen-bond donors (Lipinski definition) is 0. The molecule has 264 valence electrons. The quantitative estimate of drug-likeness (QED) is 0.180. The molecule has 0 aliphatic rings. The molecular weight excluding hydrogens is 731 g/mol. The second kappa shape index (κ2) is 11.8. The first-order valence-corrected chi connectivity index (χ1v) is 20.9. The highest BCUT2D eigenvalue weighted by Crippen LogP contribution is 2.47. The van der Waals surface area contributed by atoms with Gasteiger partial charge in [-0.2, -0.15) is 0 Å². The first-order valence-electron chi connectivity index (χ1n) is 19.2. The van der Waals surface area contributed by atoms with Gasteiger partial charge in [-0.3, -0.25) is 0 Å². The predicted octanol–water partition coefficient (Wildman–Crippen LogP) is 15.1. The van der Waals surface area contributed by atoms with Crippen molar-refractivity contribution in [2.24, 2.45) is 0 Å². The van der Waals surface area contributed by atoms with Gasteiger partial charge in [0.1, 0.15) is 0 Å². The van der Waals surface area contributed by atoms with Crippen LogP contribution in [0.5, 0.6) is 0 Å². The summed E-state index contributed by atoms with van der Waals surface area (Å²) in [7, 11) is 0. The summed E-state index contributed by atoms with van der Waals surface area (Å²) in [6, 6.07) is 64.0. The number of thiophene rings is 2. The number of hydrogen-bond acceptors (Lipinski definition) is 4. The van der Waals surface area contributed by atoms with Gasteiger partial charge >= 0.3 is 0 Å². The van der Waals surface area contributed by atoms with E-state index in [1.165, 1.54) is 83.7 Å². The Balaban J connectivity index is 1.15. The number of rotatable bonds is 3. The Morgan fingerprint density at radius 2 is 1.02 bits per heavy atom. The van der Waals surface area contributed by atoms with Gasteiger partial charge in [-0.25, -0.2) is 9.97 Å². The molecule has 3 nitrogen and oxygen atoms in total. The smallest absolute Gasteiger partial charge is 0.161 e. The topological polar surface area (TPSA) is 30.7 Å². The van der Waals surface area contributed by atoms with E-state index in [0.717, 1.165) is 39.2 Å². The second-order valence-corrected chi connectivity index (χ2v) is 17.0. The van der Waals surface area contributed by atoms with E-state index in [0.29, 0.717) is 0 Å². The maximum atomic E-state index is 5.67. The van der Waals surface area contributed by atoms with E-state index >= 15 is 0 Å². The number of para-hydroxylation sites is 2. The van der Waals surface area contributed by atoms with E-state index in [-0.39, 0.29) is 0 Å². The van der Waals surface area contributed by atoms with E-state index in [4.69, 9.17) is 9.97 Å². The van der Waals surface area contributed by atoms with Gasteiger partial charge in [-0.1, -0.05) is 127 Å². The Hall–Kier alpha value is -6.92. The van der Waals surface area contributed by atoms with Gasteiger partial charge in [0.25, 0.3) is 0 Å². The van der Waals surface area contributed by atoms with Crippen molar-refractivity contribution < 1.29 is 0 Å². The predicted molar refractivity (Wildman–Crippen MR) is 246 cm³/mol. The molecule has 0 saturated carbocycles. The second-order valence-electron chi connectivity index (χ2n) is 14.9. The number of aromatic nitrogens is 3. The highest BCUT2D eigenvalue weighted by Gasteiger charge is 2.23. The zero-order valence-electron chi connectivity index (χ0n) is 30.4. The van der Waals surface area contributed by atoms with Crippen LogP contribution >= 0.6 is 22.7 Å². The molecule has 0 saturated heterocycles. The third kappa shape index (κ3) is 4.47. The molecule has 0 atom stereocenters. The van der Waals surface area contributed by atoms with Crippen molar-refractivity contribution in [3.63, 3.8) is 0 Å². The highest BCUT2D eigenvalue weighted by atomic mass is 32.1. The lowest BCUT2D eigenvalue weighted by molar-refractivity contribution is 1.18. The fraction of sp³-hybridized carbons (Fsp3) is 0. The van der Waals surface area contributed by atoms with Crippen molar-refractivity contribution in [2.75, 3.05) is 0 Å². The molecule has 0 fully saturated rings. The maximum absolute atomic E-state index is 5.67. The molecule has 57 heavy (non-hydrogen) atoms. The molecule has 0 aliphatic carbocycles. The largest absolute Gasteiger partial charge is 0.309 e. The van der Waals surface area contributed by atoms with Crippen LogP contribution in [-0.2, 0) is 0 Å². The first-order chi connectivity index (χ1) is 28.3. The molecule has 5 heteroatoms. The van der Waals surface area contributed by atoms with Gasteiger partial charge in [0, 0.05) is 73.3 Å². The summed E-state index contributed by atoms with van der Waals surface area (Å²) < 4.78 is 7.42. The lowest BCUT2D eigenvalue weighted by Crippen LogP contribution is -1.98. The SMILES string of the molecule is c1ccc2c(c1)cc(-c1nc(-c3cc(-n4c5ccccc5c5c6ccccc6ccc54)cc4c3sc3ccccc34)nc3ccccc13)c1sc3ccccc3c12. The van der Waals surface area contributed by atoms with E-state index in [2.05, 4.69) is 180 Å². The minimum Gasteiger partial charge on any atom is -0.309 e. The molecule has 0 amide bonds. The van der Waals surface area contributed by atoms with E-state index in [9.17, 15) is 0 Å². The summed E-state index contributed by atoms with van der Waals surface area (Å²) in [5.74, 6) is 0.732. The van der Waals surface area contributed by atoms with Crippen molar-refractivity contribution in [3.8, 4) is 28.3 Å². The summed E-state index contributed by atoms with van der Waals surface area (Å²) in [5.41, 5.74) is 7.53. The van der Waals surface area contributed by atoms with E-state index in [1.807, 2.05) is 22.7 Å². The fourth-order valence-electron chi connectivity index (χ4n) is 9.28. The van der Waals surface area contributed by atoms with Crippen molar-refractivity contribution in [3.05, 3.63) is 176 Å². The van der Waals surface area contributed by atoms with E-state index < -0.39 is 0 Å². The van der Waals surface area contributed by atoms with Gasteiger partial charge in [0.2, 0.25) is 0 Å². The van der Waals surface area contributed by atoms with Crippen LogP contribution in [-0.4, -0.2) is 14.5 Å². The van der Waals surface area contributed by atoms with Crippen LogP contribution in [0.3, 0.4) is 0 Å². The van der Waals surface area contributed by atoms with E-state index in [1.54, 1.807) is 0 Å². The maximum Gasteiger partial charge on any atom is 0.161 e. The zero-order chi connectivity index (χ0) is 37.2. The molecule has 0 bridgehead atoms. The van der Waals surface area contributed by atoms with Crippen LogP contribution in [0.15, 0.2) is 176 Å². The summed E-state index contributed by atoms with van der Waals surface area (Å²) >= 11 is 3.68. The molecule has 13 aromatic rings. The van der Waals surface area contributed by atoms with Gasteiger partial charge < -0.3 is 4.57 Å². The monoisotopic (exact) mass is 759 g/mol. The lowest BCUT2D eigenvalue weighted by Gasteiger charge is -2.14. The minimum atomic E-state index is 0.732. The van der Waals surface area contributed by atoms with Crippen LogP contribution < -0.4 is 0 Å². The van der Waals surface area contributed by atoms with Gasteiger partial charge in [-0.15, -0.1) is 22.7 Å². The minimum absolute atomic E-state index is 0.732. The van der Waals surface area contributed by atoms with Gasteiger partial charge in [0.05, 0.1) is 22.2 Å². The average molecular weight is 760 g/mol.